The largest absolute Gasteiger partial charge is 0.454 e. The Balaban J connectivity index is 1.71. The van der Waals surface area contributed by atoms with E-state index < -0.39 is 41.5 Å². The van der Waals surface area contributed by atoms with Gasteiger partial charge in [0.1, 0.15) is 24.3 Å². The molecule has 13 heteroatoms. The summed E-state index contributed by atoms with van der Waals surface area (Å²) in [5, 5.41) is 23.1. The van der Waals surface area contributed by atoms with Gasteiger partial charge in [-0.1, -0.05) is 18.2 Å². The third-order valence-corrected chi connectivity index (χ3v) is 5.95. The van der Waals surface area contributed by atoms with E-state index in [-0.39, 0.29) is 30.6 Å². The van der Waals surface area contributed by atoms with E-state index in [4.69, 9.17) is 26.7 Å². The molecule has 1 amide bonds. The molecule has 5 unspecified atom stereocenters. The first kappa shape index (κ1) is 20.7. The van der Waals surface area contributed by atoms with Crippen molar-refractivity contribution in [2.45, 2.75) is 36.4 Å². The predicted molar refractivity (Wildman–Crippen MR) is 106 cm³/mol. The molecule has 3 aliphatic rings. The van der Waals surface area contributed by atoms with Crippen molar-refractivity contribution < 1.29 is 29.4 Å². The van der Waals surface area contributed by atoms with Crippen molar-refractivity contribution in [3.05, 3.63) is 35.9 Å². The molecule has 0 aromatic heterocycles. The van der Waals surface area contributed by atoms with Gasteiger partial charge in [-0.3, -0.25) is 5.21 Å². The number of hydrogen-bond donors (Lipinski definition) is 5. The molecular formula is C18H23N7O6. The molecule has 31 heavy (non-hydrogen) atoms. The van der Waals surface area contributed by atoms with Crippen molar-refractivity contribution in [3.8, 4) is 0 Å². The molecule has 0 bridgehead atoms. The Morgan fingerprint density at radius 1 is 1.23 bits per heavy atom. The van der Waals surface area contributed by atoms with Gasteiger partial charge in [0.25, 0.3) is 0 Å². The van der Waals surface area contributed by atoms with Crippen LogP contribution < -0.4 is 17.2 Å². The summed E-state index contributed by atoms with van der Waals surface area (Å²) in [5.74, 6) is -1.06. The molecule has 1 fully saturated rings. The molecule has 4 rings (SSSR count). The van der Waals surface area contributed by atoms with Crippen molar-refractivity contribution in [3.63, 3.8) is 0 Å². The van der Waals surface area contributed by atoms with Gasteiger partial charge in [-0.25, -0.2) is 19.6 Å². The predicted octanol–water partition coefficient (Wildman–Crippen LogP) is -1.84. The number of guanidine groups is 2. The molecule has 13 nitrogen and oxygen atoms in total. The summed E-state index contributed by atoms with van der Waals surface area (Å²) >= 11 is 0. The number of aliphatic imine (C=N–C) groups is 2. The van der Waals surface area contributed by atoms with Gasteiger partial charge in [0, 0.05) is 0 Å². The molecule has 1 aromatic rings. The van der Waals surface area contributed by atoms with Crippen molar-refractivity contribution >= 4 is 24.0 Å². The summed E-state index contributed by atoms with van der Waals surface area (Å²) < 4.78 is 10.4. The molecule has 1 saturated heterocycles. The summed E-state index contributed by atoms with van der Waals surface area (Å²) in [6.07, 6.45) is -2.17. The lowest BCUT2D eigenvalue weighted by atomic mass is 9.79. The number of primary amides is 1. The lowest BCUT2D eigenvalue weighted by molar-refractivity contribution is -0.228. The van der Waals surface area contributed by atoms with Crippen LogP contribution >= 0.6 is 0 Å². The van der Waals surface area contributed by atoms with E-state index in [9.17, 15) is 19.9 Å². The van der Waals surface area contributed by atoms with Crippen LogP contribution in [0.3, 0.4) is 0 Å². The monoisotopic (exact) mass is 433 g/mol. The van der Waals surface area contributed by atoms with Gasteiger partial charge in [-0.05, 0) is 19.1 Å². The molecule has 0 radical (unpaired) electrons. The highest BCUT2D eigenvalue weighted by Gasteiger charge is 2.75. The standard InChI is InChI=1S/C18H23N7O6/c1-17(28)11(31-13(26)9-5-3-2-4-6-9)7-24-14(19)22-10(8-30-16(21)27)12-18(17,24)25(29)15(20)23-12/h2-6,10-12,28-29H,7-8H2,1H3,(H2,19,22)(H2,20,23)(H2,21,27). The van der Waals surface area contributed by atoms with Gasteiger partial charge in [-0.15, -0.1) is 0 Å². The fourth-order valence-electron chi connectivity index (χ4n) is 4.52. The highest BCUT2D eigenvalue weighted by Crippen LogP contribution is 2.50. The summed E-state index contributed by atoms with van der Waals surface area (Å²) in [7, 11) is 0. The number of nitrogens with two attached hydrogens (primary N) is 3. The molecule has 3 heterocycles. The van der Waals surface area contributed by atoms with Gasteiger partial charge in [0.05, 0.1) is 12.1 Å². The first-order valence-electron chi connectivity index (χ1n) is 9.44. The van der Waals surface area contributed by atoms with Crippen molar-refractivity contribution in [1.29, 1.82) is 0 Å². The number of amides is 1. The van der Waals surface area contributed by atoms with Crippen LogP contribution in [0.2, 0.25) is 0 Å². The summed E-state index contributed by atoms with van der Waals surface area (Å²) in [6.45, 7) is 0.969. The number of nitrogens with zero attached hydrogens (tertiary/aromatic N) is 4. The molecule has 8 N–H and O–H groups in total. The molecule has 0 aliphatic carbocycles. The van der Waals surface area contributed by atoms with E-state index in [2.05, 4.69) is 9.98 Å². The van der Waals surface area contributed by atoms with E-state index in [1.807, 2.05) is 0 Å². The van der Waals surface area contributed by atoms with Crippen LogP contribution in [0.5, 0.6) is 0 Å². The number of hydroxylamine groups is 2. The fraction of sp³-hybridized carbons (Fsp3) is 0.444. The van der Waals surface area contributed by atoms with Gasteiger partial charge in [0.15, 0.2) is 12.1 Å². The number of ether oxygens (including phenoxy) is 2. The molecule has 0 saturated carbocycles. The molecule has 5 atom stereocenters. The Morgan fingerprint density at radius 3 is 2.55 bits per heavy atom. The van der Waals surface area contributed by atoms with Crippen molar-refractivity contribution in [2.75, 3.05) is 13.2 Å². The van der Waals surface area contributed by atoms with E-state index in [1.165, 1.54) is 11.8 Å². The smallest absolute Gasteiger partial charge is 0.404 e. The zero-order chi connectivity index (χ0) is 22.6. The third kappa shape index (κ3) is 2.84. The number of rotatable bonds is 4. The van der Waals surface area contributed by atoms with Crippen LogP contribution in [0.4, 0.5) is 4.79 Å². The second-order valence-electron chi connectivity index (χ2n) is 7.67. The maximum absolute atomic E-state index is 12.6. The van der Waals surface area contributed by atoms with Crippen molar-refractivity contribution in [1.82, 2.24) is 9.96 Å². The number of hydrogen-bond acceptors (Lipinski definition) is 12. The number of esters is 1. The molecular weight excluding hydrogens is 410 g/mol. The van der Waals surface area contributed by atoms with Crippen LogP contribution in [-0.4, -0.2) is 86.9 Å². The van der Waals surface area contributed by atoms with Crippen LogP contribution in [0, 0.1) is 0 Å². The van der Waals surface area contributed by atoms with Gasteiger partial charge in [-0.2, -0.15) is 5.06 Å². The lowest BCUT2D eigenvalue weighted by Crippen LogP contribution is -2.77. The summed E-state index contributed by atoms with van der Waals surface area (Å²) in [5.41, 5.74) is 13.6. The van der Waals surface area contributed by atoms with Crippen LogP contribution in [0.1, 0.15) is 17.3 Å². The van der Waals surface area contributed by atoms with Gasteiger partial charge >= 0.3 is 12.1 Å². The number of carbonyl (C=O) groups excluding carboxylic acids is 2. The Morgan fingerprint density at radius 2 is 1.90 bits per heavy atom. The minimum atomic E-state index is -1.92. The third-order valence-electron chi connectivity index (χ3n) is 5.95. The summed E-state index contributed by atoms with van der Waals surface area (Å²) in [4.78, 5) is 33.6. The zero-order valence-corrected chi connectivity index (χ0v) is 16.6. The number of carbonyl (C=O) groups is 2. The van der Waals surface area contributed by atoms with Crippen LogP contribution in [0.25, 0.3) is 0 Å². The van der Waals surface area contributed by atoms with E-state index >= 15 is 0 Å². The number of aliphatic hydroxyl groups is 1. The number of benzene rings is 1. The Labute approximate surface area is 176 Å². The Kier molecular flexibility index (Phi) is 4.66. The Bertz CT molecular complexity index is 967. The molecule has 1 spiro atoms. The fourth-order valence-corrected chi connectivity index (χ4v) is 4.52. The van der Waals surface area contributed by atoms with Gasteiger partial charge in [0.2, 0.25) is 11.6 Å². The lowest BCUT2D eigenvalue weighted by Gasteiger charge is -2.51. The quantitative estimate of drug-likeness (QED) is 0.336. The average Bonchev–Trinajstić information content (AvgIpc) is 3.13. The first-order chi connectivity index (χ1) is 14.6. The normalized spacial score (nSPS) is 33.8. The van der Waals surface area contributed by atoms with Gasteiger partial charge < -0.3 is 36.7 Å². The first-order valence-corrected chi connectivity index (χ1v) is 9.44. The maximum atomic E-state index is 12.6. The topological polar surface area (TPSA) is 202 Å². The summed E-state index contributed by atoms with van der Waals surface area (Å²) in [6, 6.07) is 6.33. The average molecular weight is 433 g/mol. The zero-order valence-electron chi connectivity index (χ0n) is 16.6. The van der Waals surface area contributed by atoms with E-state index in [0.29, 0.717) is 5.06 Å². The maximum Gasteiger partial charge on any atom is 0.404 e. The van der Waals surface area contributed by atoms with E-state index in [1.54, 1.807) is 30.3 Å². The Hall–Kier alpha value is -3.58. The SMILES string of the molecule is CC1(O)C(OC(=O)c2ccccc2)CN2C(N)=NC(COC(N)=O)C3N=C(N)N(O)C321. The highest BCUT2D eigenvalue weighted by molar-refractivity contribution is 5.90. The van der Waals surface area contributed by atoms with Crippen molar-refractivity contribution in [2.24, 2.45) is 27.2 Å². The second-order valence-corrected chi connectivity index (χ2v) is 7.67. The molecule has 1 aromatic carbocycles. The minimum absolute atomic E-state index is 0.0863. The second kappa shape index (κ2) is 6.99. The minimum Gasteiger partial charge on any atom is -0.454 e. The van der Waals surface area contributed by atoms with Crippen LogP contribution in [0.15, 0.2) is 40.3 Å². The van der Waals surface area contributed by atoms with Crippen LogP contribution in [-0.2, 0) is 9.47 Å². The van der Waals surface area contributed by atoms with E-state index in [0.717, 1.165) is 0 Å². The molecule has 3 aliphatic heterocycles. The molecule has 166 valence electrons. The highest BCUT2D eigenvalue weighted by atomic mass is 16.6.